The van der Waals surface area contributed by atoms with Gasteiger partial charge < -0.3 is 5.32 Å². The van der Waals surface area contributed by atoms with Gasteiger partial charge in [-0.25, -0.2) is 4.98 Å². The number of nitrogens with zero attached hydrogens (tertiary/aromatic N) is 2. The largest absolute Gasteiger partial charge is 0.325 e. The molecule has 5 nitrogen and oxygen atoms in total. The molecule has 0 spiro atoms. The zero-order valence-corrected chi connectivity index (χ0v) is 17.6. The topological polar surface area (TPSA) is 64.0 Å². The third-order valence-electron chi connectivity index (χ3n) is 4.76. The molecule has 0 saturated carbocycles. The minimum atomic E-state index is -0.149. The molecule has 0 unspecified atom stereocenters. The summed E-state index contributed by atoms with van der Waals surface area (Å²) in [6, 6.07) is 22.6. The molecular formula is C24H21N3O2S. The van der Waals surface area contributed by atoms with Crippen molar-refractivity contribution in [1.82, 2.24) is 9.55 Å². The molecule has 1 N–H and O–H groups in total. The van der Waals surface area contributed by atoms with Gasteiger partial charge in [-0.3, -0.25) is 14.2 Å². The molecule has 0 saturated heterocycles. The zero-order chi connectivity index (χ0) is 21.1. The van der Waals surface area contributed by atoms with Crippen LogP contribution >= 0.6 is 11.8 Å². The molecular weight excluding hydrogens is 394 g/mol. The van der Waals surface area contributed by atoms with Crippen molar-refractivity contribution in [2.45, 2.75) is 19.0 Å². The van der Waals surface area contributed by atoms with Crippen molar-refractivity contribution in [2.24, 2.45) is 0 Å². The highest BCUT2D eigenvalue weighted by Crippen LogP contribution is 2.22. The van der Waals surface area contributed by atoms with Gasteiger partial charge in [-0.2, -0.15) is 0 Å². The van der Waals surface area contributed by atoms with Crippen LogP contribution in [0.2, 0.25) is 0 Å². The van der Waals surface area contributed by atoms with E-state index in [1.54, 1.807) is 10.6 Å². The minimum absolute atomic E-state index is 0.143. The molecule has 0 aliphatic rings. The van der Waals surface area contributed by atoms with Crippen LogP contribution in [-0.2, 0) is 4.79 Å². The average molecular weight is 416 g/mol. The lowest BCUT2D eigenvalue weighted by molar-refractivity contribution is -0.113. The van der Waals surface area contributed by atoms with Gasteiger partial charge >= 0.3 is 0 Å². The minimum Gasteiger partial charge on any atom is -0.325 e. The Balaban J connectivity index is 1.66. The van der Waals surface area contributed by atoms with Crippen molar-refractivity contribution < 1.29 is 4.79 Å². The van der Waals surface area contributed by atoms with Gasteiger partial charge in [0.2, 0.25) is 5.91 Å². The number of anilines is 1. The third kappa shape index (κ3) is 4.14. The lowest BCUT2D eigenvalue weighted by Crippen LogP contribution is -2.23. The highest BCUT2D eigenvalue weighted by atomic mass is 32.2. The molecule has 0 atom stereocenters. The molecule has 0 fully saturated rings. The Morgan fingerprint density at radius 3 is 2.53 bits per heavy atom. The quantitative estimate of drug-likeness (QED) is 0.378. The molecule has 1 heterocycles. The van der Waals surface area contributed by atoms with Crippen LogP contribution in [0.1, 0.15) is 11.1 Å². The molecule has 4 aromatic rings. The molecule has 1 amide bonds. The first-order valence-corrected chi connectivity index (χ1v) is 10.6. The second-order valence-corrected chi connectivity index (χ2v) is 7.99. The van der Waals surface area contributed by atoms with Crippen molar-refractivity contribution >= 4 is 34.3 Å². The predicted molar refractivity (Wildman–Crippen MR) is 123 cm³/mol. The van der Waals surface area contributed by atoms with Crippen LogP contribution < -0.4 is 10.9 Å². The maximum atomic E-state index is 13.2. The molecule has 3 aromatic carbocycles. The number of benzene rings is 3. The number of thioether (sulfide) groups is 1. The first-order valence-electron chi connectivity index (χ1n) is 9.60. The van der Waals surface area contributed by atoms with Gasteiger partial charge in [0.1, 0.15) is 0 Å². The Kier molecular flexibility index (Phi) is 5.68. The highest BCUT2D eigenvalue weighted by molar-refractivity contribution is 7.99. The smallest absolute Gasteiger partial charge is 0.266 e. The van der Waals surface area contributed by atoms with Crippen molar-refractivity contribution in [2.75, 3.05) is 11.1 Å². The summed E-state index contributed by atoms with van der Waals surface area (Å²) < 4.78 is 1.57. The molecule has 0 aliphatic heterocycles. The predicted octanol–water partition coefficient (Wildman–Crippen LogP) is 4.73. The molecule has 6 heteroatoms. The number of carbonyl (C=O) groups excluding carboxylic acids is 1. The fraction of sp³-hybridized carbons (Fsp3) is 0.125. The standard InChI is InChI=1S/C24H21N3O2S/c1-16-12-13-17(2)21(14-16)25-22(28)15-30-24-26-20-11-7-6-10-19(20)23(29)27(24)18-8-4-3-5-9-18/h3-14H,15H2,1-2H3,(H,25,28). The summed E-state index contributed by atoms with van der Waals surface area (Å²) in [6.07, 6.45) is 0. The zero-order valence-electron chi connectivity index (χ0n) is 16.8. The number of amides is 1. The lowest BCUT2D eigenvalue weighted by Gasteiger charge is -2.13. The number of carbonyl (C=O) groups is 1. The molecule has 150 valence electrons. The van der Waals surface area contributed by atoms with Crippen LogP contribution in [0.4, 0.5) is 5.69 Å². The van der Waals surface area contributed by atoms with Crippen molar-refractivity contribution in [3.8, 4) is 5.69 Å². The van der Waals surface area contributed by atoms with Crippen LogP contribution in [0.3, 0.4) is 0 Å². The second kappa shape index (κ2) is 8.55. The van der Waals surface area contributed by atoms with Crippen LogP contribution in [0.25, 0.3) is 16.6 Å². The number of para-hydroxylation sites is 2. The van der Waals surface area contributed by atoms with E-state index >= 15 is 0 Å². The number of hydrogen-bond acceptors (Lipinski definition) is 4. The Hall–Kier alpha value is -3.38. The van der Waals surface area contributed by atoms with Crippen molar-refractivity contribution in [3.05, 3.63) is 94.3 Å². The average Bonchev–Trinajstić information content (AvgIpc) is 2.75. The van der Waals surface area contributed by atoms with Gasteiger partial charge in [0.05, 0.1) is 22.3 Å². The SMILES string of the molecule is Cc1ccc(C)c(NC(=O)CSc2nc3ccccc3c(=O)n2-c2ccccc2)c1. The summed E-state index contributed by atoms with van der Waals surface area (Å²) in [5.74, 6) is 0.000992. The van der Waals surface area contributed by atoms with E-state index in [0.717, 1.165) is 22.5 Å². The van der Waals surface area contributed by atoms with Gasteiger partial charge in [0, 0.05) is 5.69 Å². The first kappa shape index (κ1) is 19.9. The number of hydrogen-bond donors (Lipinski definition) is 1. The van der Waals surface area contributed by atoms with Crippen molar-refractivity contribution in [1.29, 1.82) is 0 Å². The normalized spacial score (nSPS) is 10.9. The first-order chi connectivity index (χ1) is 14.5. The monoisotopic (exact) mass is 415 g/mol. The van der Waals surface area contributed by atoms with Crippen LogP contribution in [0.5, 0.6) is 0 Å². The fourth-order valence-electron chi connectivity index (χ4n) is 3.20. The Morgan fingerprint density at radius 1 is 1.00 bits per heavy atom. The summed E-state index contributed by atoms with van der Waals surface area (Å²) in [4.78, 5) is 30.4. The van der Waals surface area contributed by atoms with Gasteiger partial charge in [0.25, 0.3) is 5.56 Å². The Bertz CT molecular complexity index is 1280. The molecule has 0 aliphatic carbocycles. The maximum absolute atomic E-state index is 13.2. The summed E-state index contributed by atoms with van der Waals surface area (Å²) in [5, 5.41) is 3.99. The number of aromatic nitrogens is 2. The number of aryl methyl sites for hydroxylation is 2. The van der Waals surface area contributed by atoms with Gasteiger partial charge in [-0.05, 0) is 55.3 Å². The van der Waals surface area contributed by atoms with Gasteiger partial charge in [-0.15, -0.1) is 0 Å². The summed E-state index contributed by atoms with van der Waals surface area (Å²) in [7, 11) is 0. The van der Waals surface area contributed by atoms with E-state index in [4.69, 9.17) is 0 Å². The fourth-order valence-corrected chi connectivity index (χ4v) is 4.01. The van der Waals surface area contributed by atoms with Crippen LogP contribution in [0.15, 0.2) is 82.7 Å². The second-order valence-electron chi connectivity index (χ2n) is 7.04. The molecule has 0 bridgehead atoms. The van der Waals surface area contributed by atoms with Crippen LogP contribution in [0, 0.1) is 13.8 Å². The van der Waals surface area contributed by atoms with Gasteiger partial charge in [-0.1, -0.05) is 54.2 Å². The van der Waals surface area contributed by atoms with E-state index in [2.05, 4.69) is 10.3 Å². The Morgan fingerprint density at radius 2 is 1.73 bits per heavy atom. The number of fused-ring (bicyclic) bond motifs is 1. The number of rotatable bonds is 5. The van der Waals surface area contributed by atoms with E-state index in [9.17, 15) is 9.59 Å². The van der Waals surface area contributed by atoms with Crippen molar-refractivity contribution in [3.63, 3.8) is 0 Å². The van der Waals surface area contributed by atoms with E-state index in [1.807, 2.05) is 80.6 Å². The third-order valence-corrected chi connectivity index (χ3v) is 5.70. The van der Waals surface area contributed by atoms with E-state index < -0.39 is 0 Å². The molecule has 0 radical (unpaired) electrons. The maximum Gasteiger partial charge on any atom is 0.266 e. The summed E-state index contributed by atoms with van der Waals surface area (Å²) in [6.45, 7) is 3.95. The Labute approximate surface area is 178 Å². The number of nitrogens with one attached hydrogen (secondary N) is 1. The lowest BCUT2D eigenvalue weighted by atomic mass is 10.1. The van der Waals surface area contributed by atoms with E-state index in [-0.39, 0.29) is 17.2 Å². The molecule has 4 rings (SSSR count). The highest BCUT2D eigenvalue weighted by Gasteiger charge is 2.15. The van der Waals surface area contributed by atoms with Gasteiger partial charge in [0.15, 0.2) is 5.16 Å². The summed E-state index contributed by atoms with van der Waals surface area (Å²) >= 11 is 1.25. The van der Waals surface area contributed by atoms with E-state index in [0.29, 0.717) is 16.1 Å². The van der Waals surface area contributed by atoms with Crippen LogP contribution in [-0.4, -0.2) is 21.2 Å². The molecule has 1 aromatic heterocycles. The molecule has 30 heavy (non-hydrogen) atoms. The van der Waals surface area contributed by atoms with E-state index in [1.165, 1.54) is 11.8 Å². The summed E-state index contributed by atoms with van der Waals surface area (Å²) in [5.41, 5.74) is 4.07.